The van der Waals surface area contributed by atoms with Crippen molar-refractivity contribution < 1.29 is 27.4 Å². The van der Waals surface area contributed by atoms with Crippen molar-refractivity contribution in [1.29, 1.82) is 0 Å². The summed E-state index contributed by atoms with van der Waals surface area (Å²) in [5.41, 5.74) is 0.344. The van der Waals surface area contributed by atoms with Crippen LogP contribution >= 0.6 is 0 Å². The molecule has 2 aromatic rings. The molecule has 2 saturated heterocycles. The normalized spacial score (nSPS) is 19.5. The average Bonchev–Trinajstić information content (AvgIpc) is 3.31. The van der Waals surface area contributed by atoms with Crippen LogP contribution in [0.25, 0.3) is 0 Å². The Labute approximate surface area is 179 Å². The second kappa shape index (κ2) is 9.18. The van der Waals surface area contributed by atoms with Gasteiger partial charge in [-0.3, -0.25) is 4.79 Å². The highest BCUT2D eigenvalue weighted by Gasteiger charge is 2.31. The third-order valence-electron chi connectivity index (χ3n) is 5.67. The van der Waals surface area contributed by atoms with E-state index in [-0.39, 0.29) is 12.0 Å². The smallest absolute Gasteiger partial charge is 0.416 e. The van der Waals surface area contributed by atoms with Gasteiger partial charge in [0.05, 0.1) is 17.2 Å². The van der Waals surface area contributed by atoms with E-state index >= 15 is 0 Å². The number of para-hydroxylation sites is 1. The lowest BCUT2D eigenvalue weighted by atomic mass is 10.1. The number of piperazine rings is 1. The Morgan fingerprint density at radius 3 is 2.55 bits per heavy atom. The lowest BCUT2D eigenvalue weighted by Gasteiger charge is -2.36. The first-order valence-corrected chi connectivity index (χ1v) is 10.5. The molecule has 0 N–H and O–H groups in total. The molecule has 31 heavy (non-hydrogen) atoms. The predicted octanol–water partition coefficient (Wildman–Crippen LogP) is 4.23. The Hall–Kier alpha value is -2.74. The highest BCUT2D eigenvalue weighted by molar-refractivity contribution is 5.97. The Morgan fingerprint density at radius 1 is 1.06 bits per heavy atom. The van der Waals surface area contributed by atoms with Crippen LogP contribution in [-0.4, -0.2) is 56.3 Å². The highest BCUT2D eigenvalue weighted by atomic mass is 19.4. The van der Waals surface area contributed by atoms with Gasteiger partial charge in [0.1, 0.15) is 12.4 Å². The number of nitrogens with zero attached hydrogens (tertiary/aromatic N) is 2. The van der Waals surface area contributed by atoms with Gasteiger partial charge in [-0.2, -0.15) is 13.2 Å². The van der Waals surface area contributed by atoms with Gasteiger partial charge in [0.2, 0.25) is 0 Å². The number of carbonyl (C=O) groups excluding carboxylic acids is 1. The van der Waals surface area contributed by atoms with E-state index in [0.717, 1.165) is 31.6 Å². The third-order valence-corrected chi connectivity index (χ3v) is 5.67. The largest absolute Gasteiger partial charge is 0.490 e. The maximum atomic E-state index is 13.1. The molecule has 2 heterocycles. The highest BCUT2D eigenvalue weighted by Crippen LogP contribution is 2.32. The van der Waals surface area contributed by atoms with Gasteiger partial charge < -0.3 is 19.3 Å². The van der Waals surface area contributed by atoms with Crippen molar-refractivity contribution in [2.75, 3.05) is 44.3 Å². The van der Waals surface area contributed by atoms with E-state index in [2.05, 4.69) is 0 Å². The second-order valence-corrected chi connectivity index (χ2v) is 7.77. The molecule has 4 rings (SSSR count). The summed E-state index contributed by atoms with van der Waals surface area (Å²) in [5, 5.41) is 0. The second-order valence-electron chi connectivity index (χ2n) is 7.77. The Bertz CT molecular complexity index is 905. The van der Waals surface area contributed by atoms with Gasteiger partial charge in [0.25, 0.3) is 5.91 Å². The molecule has 2 aliphatic rings. The predicted molar refractivity (Wildman–Crippen MR) is 110 cm³/mol. The summed E-state index contributed by atoms with van der Waals surface area (Å²) in [5.74, 6) is 0.398. The lowest BCUT2D eigenvalue weighted by Crippen LogP contribution is -2.48. The molecule has 2 fully saturated rings. The maximum absolute atomic E-state index is 13.1. The summed E-state index contributed by atoms with van der Waals surface area (Å²) in [7, 11) is 0. The number of amides is 1. The molecule has 0 spiro atoms. The molecule has 1 atom stereocenters. The van der Waals surface area contributed by atoms with Gasteiger partial charge >= 0.3 is 6.18 Å². The van der Waals surface area contributed by atoms with Crippen molar-refractivity contribution >= 4 is 11.6 Å². The van der Waals surface area contributed by atoms with Crippen LogP contribution in [0.3, 0.4) is 0 Å². The molecular weight excluding hydrogens is 409 g/mol. The summed E-state index contributed by atoms with van der Waals surface area (Å²) in [6, 6.07) is 12.5. The molecule has 0 saturated carbocycles. The molecule has 2 aromatic carbocycles. The van der Waals surface area contributed by atoms with Crippen LogP contribution in [0.5, 0.6) is 5.75 Å². The molecule has 0 aromatic heterocycles. The van der Waals surface area contributed by atoms with E-state index in [1.54, 1.807) is 29.2 Å². The van der Waals surface area contributed by atoms with E-state index in [4.69, 9.17) is 9.47 Å². The van der Waals surface area contributed by atoms with Gasteiger partial charge in [-0.1, -0.05) is 18.2 Å². The first-order chi connectivity index (χ1) is 14.9. The van der Waals surface area contributed by atoms with Gasteiger partial charge in [-0.05, 0) is 43.2 Å². The molecule has 2 aliphatic heterocycles. The lowest BCUT2D eigenvalue weighted by molar-refractivity contribution is -0.137. The minimum Gasteiger partial charge on any atom is -0.490 e. The molecule has 0 bridgehead atoms. The Kier molecular flexibility index (Phi) is 6.36. The van der Waals surface area contributed by atoms with Crippen LogP contribution in [0.4, 0.5) is 18.9 Å². The molecule has 166 valence electrons. The minimum atomic E-state index is -4.37. The Morgan fingerprint density at radius 2 is 1.84 bits per heavy atom. The van der Waals surface area contributed by atoms with E-state index in [1.807, 2.05) is 11.0 Å². The topological polar surface area (TPSA) is 42.0 Å². The van der Waals surface area contributed by atoms with Gasteiger partial charge in [0, 0.05) is 38.5 Å². The zero-order chi connectivity index (χ0) is 21.8. The number of benzene rings is 2. The Balaban J connectivity index is 1.39. The van der Waals surface area contributed by atoms with Crippen molar-refractivity contribution in [2.45, 2.75) is 25.1 Å². The van der Waals surface area contributed by atoms with Gasteiger partial charge in [0.15, 0.2) is 0 Å². The van der Waals surface area contributed by atoms with Gasteiger partial charge in [-0.15, -0.1) is 0 Å². The first-order valence-electron chi connectivity index (χ1n) is 10.5. The van der Waals surface area contributed by atoms with Crippen LogP contribution < -0.4 is 9.64 Å². The number of halogens is 3. The summed E-state index contributed by atoms with van der Waals surface area (Å²) in [4.78, 5) is 16.7. The number of ether oxygens (including phenoxy) is 2. The molecule has 5 nitrogen and oxygen atoms in total. The fraction of sp³-hybridized carbons (Fsp3) is 0.435. The van der Waals surface area contributed by atoms with Crippen LogP contribution in [0.15, 0.2) is 48.5 Å². The molecule has 1 amide bonds. The summed E-state index contributed by atoms with van der Waals surface area (Å²) in [6.07, 6.45) is -2.35. The summed E-state index contributed by atoms with van der Waals surface area (Å²) < 4.78 is 50.5. The third kappa shape index (κ3) is 5.12. The van der Waals surface area contributed by atoms with Crippen molar-refractivity contribution in [2.24, 2.45) is 0 Å². The van der Waals surface area contributed by atoms with Gasteiger partial charge in [-0.25, -0.2) is 0 Å². The molecule has 0 aliphatic carbocycles. The summed E-state index contributed by atoms with van der Waals surface area (Å²) in [6.45, 7) is 2.93. The van der Waals surface area contributed by atoms with Crippen molar-refractivity contribution in [1.82, 2.24) is 4.90 Å². The van der Waals surface area contributed by atoms with Crippen molar-refractivity contribution in [3.05, 3.63) is 59.7 Å². The molecular formula is C23H25F3N2O3. The van der Waals surface area contributed by atoms with Crippen LogP contribution in [0, 0.1) is 0 Å². The summed E-state index contributed by atoms with van der Waals surface area (Å²) >= 11 is 0. The van der Waals surface area contributed by atoms with E-state index < -0.39 is 11.7 Å². The van der Waals surface area contributed by atoms with Crippen molar-refractivity contribution in [3.8, 4) is 5.75 Å². The van der Waals surface area contributed by atoms with Crippen LogP contribution in [-0.2, 0) is 10.9 Å². The molecule has 8 heteroatoms. The first kappa shape index (κ1) is 21.5. The fourth-order valence-corrected chi connectivity index (χ4v) is 3.94. The fourth-order valence-electron chi connectivity index (χ4n) is 3.94. The molecule has 0 radical (unpaired) electrons. The number of hydrogen-bond acceptors (Lipinski definition) is 4. The number of anilines is 1. The monoisotopic (exact) mass is 434 g/mol. The zero-order valence-electron chi connectivity index (χ0n) is 17.1. The number of hydrogen-bond donors (Lipinski definition) is 0. The van der Waals surface area contributed by atoms with Crippen LogP contribution in [0.1, 0.15) is 28.8 Å². The van der Waals surface area contributed by atoms with Crippen molar-refractivity contribution in [3.63, 3.8) is 0 Å². The number of alkyl halides is 3. The van der Waals surface area contributed by atoms with E-state index in [1.165, 1.54) is 6.07 Å². The SMILES string of the molecule is O=C(c1ccccc1OCC1CCCO1)N1CCN(c2cccc(C(F)(F)F)c2)CC1. The standard InChI is InChI=1S/C23H25F3N2O3/c24-23(25,26)17-5-3-6-18(15-17)27-10-12-28(13-11-27)22(29)20-8-1-2-9-21(20)31-16-19-7-4-14-30-19/h1-3,5-6,8-9,15,19H,4,7,10-14,16H2. The minimum absolute atomic E-state index is 0.0548. The zero-order valence-corrected chi connectivity index (χ0v) is 17.1. The number of carbonyl (C=O) groups is 1. The number of rotatable bonds is 5. The average molecular weight is 434 g/mol. The quantitative estimate of drug-likeness (QED) is 0.707. The maximum Gasteiger partial charge on any atom is 0.416 e. The van der Waals surface area contributed by atoms with E-state index in [0.29, 0.717) is 49.8 Å². The molecule has 1 unspecified atom stereocenters. The van der Waals surface area contributed by atoms with Crippen LogP contribution in [0.2, 0.25) is 0 Å². The van der Waals surface area contributed by atoms with E-state index in [9.17, 15) is 18.0 Å².